The van der Waals surface area contributed by atoms with Crippen molar-refractivity contribution >= 4 is 33.1 Å². The zero-order valence-electron chi connectivity index (χ0n) is 12.8. The summed E-state index contributed by atoms with van der Waals surface area (Å²) in [6.07, 6.45) is 3.17. The van der Waals surface area contributed by atoms with E-state index in [0.29, 0.717) is 16.7 Å². The third-order valence-electron chi connectivity index (χ3n) is 3.70. The highest BCUT2D eigenvalue weighted by molar-refractivity contribution is 8.00. The Morgan fingerprint density at radius 3 is 2.86 bits per heavy atom. The normalized spacial score (nSPS) is 22.8. The molecule has 120 valence electrons. The highest BCUT2D eigenvalue weighted by Gasteiger charge is 2.32. The Balaban J connectivity index is 2.14. The van der Waals surface area contributed by atoms with E-state index in [1.165, 1.54) is 0 Å². The maximum atomic E-state index is 12.6. The average molecular weight is 349 g/mol. The van der Waals surface area contributed by atoms with Gasteiger partial charge in [-0.15, -0.1) is 11.3 Å². The first-order valence-electron chi connectivity index (χ1n) is 7.35. The number of nitrogens with one attached hydrogen (secondary N) is 2. The number of aryl methyl sites for hydroxylation is 1. The lowest BCUT2D eigenvalue weighted by atomic mass is 10.3. The summed E-state index contributed by atoms with van der Waals surface area (Å²) in [6, 6.07) is 1.88. The molecule has 1 fully saturated rings. The quantitative estimate of drug-likeness (QED) is 0.795. The summed E-state index contributed by atoms with van der Waals surface area (Å²) < 4.78 is 28.2. The zero-order valence-corrected chi connectivity index (χ0v) is 15.3. The van der Waals surface area contributed by atoms with Crippen LogP contribution in [-0.2, 0) is 16.6 Å². The molecule has 21 heavy (non-hydrogen) atoms. The minimum absolute atomic E-state index is 0.0759. The van der Waals surface area contributed by atoms with Crippen molar-refractivity contribution in [3.63, 3.8) is 0 Å². The van der Waals surface area contributed by atoms with Gasteiger partial charge in [0.1, 0.15) is 0 Å². The van der Waals surface area contributed by atoms with Crippen LogP contribution in [0.2, 0.25) is 0 Å². The van der Waals surface area contributed by atoms with Crippen molar-refractivity contribution in [2.75, 3.05) is 12.8 Å². The van der Waals surface area contributed by atoms with Gasteiger partial charge in [-0.2, -0.15) is 11.8 Å². The van der Waals surface area contributed by atoms with Crippen LogP contribution < -0.4 is 10.0 Å². The molecule has 1 aliphatic carbocycles. The van der Waals surface area contributed by atoms with E-state index in [2.05, 4.69) is 17.0 Å². The molecule has 0 aromatic carbocycles. The van der Waals surface area contributed by atoms with Gasteiger partial charge in [0.25, 0.3) is 0 Å². The summed E-state index contributed by atoms with van der Waals surface area (Å²) in [4.78, 5) is 2.37. The van der Waals surface area contributed by atoms with Gasteiger partial charge in [0.05, 0.1) is 4.90 Å². The zero-order chi connectivity index (χ0) is 15.5. The second kappa shape index (κ2) is 7.46. The monoisotopic (exact) mass is 348 g/mol. The first-order chi connectivity index (χ1) is 9.97. The van der Waals surface area contributed by atoms with Crippen molar-refractivity contribution in [1.82, 2.24) is 10.0 Å². The molecule has 7 heteroatoms. The molecule has 0 radical (unpaired) electrons. The van der Waals surface area contributed by atoms with Crippen molar-refractivity contribution in [3.8, 4) is 0 Å². The van der Waals surface area contributed by atoms with Crippen molar-refractivity contribution < 1.29 is 8.42 Å². The second-order valence-corrected chi connectivity index (χ2v) is 9.86. The van der Waals surface area contributed by atoms with E-state index in [4.69, 9.17) is 0 Å². The molecule has 2 rings (SSSR count). The highest BCUT2D eigenvalue weighted by atomic mass is 32.2. The van der Waals surface area contributed by atoms with Crippen LogP contribution >= 0.6 is 23.1 Å². The first-order valence-corrected chi connectivity index (χ1v) is 10.7. The first kappa shape index (κ1) is 17.3. The number of rotatable bonds is 7. The maximum absolute atomic E-state index is 12.6. The Morgan fingerprint density at radius 2 is 2.19 bits per heavy atom. The maximum Gasteiger partial charge on any atom is 0.241 e. The molecular weight excluding hydrogens is 324 g/mol. The van der Waals surface area contributed by atoms with Gasteiger partial charge >= 0.3 is 0 Å². The predicted octanol–water partition coefficient (Wildman–Crippen LogP) is 2.73. The summed E-state index contributed by atoms with van der Waals surface area (Å²) in [7, 11) is -1.54. The van der Waals surface area contributed by atoms with Gasteiger partial charge in [-0.1, -0.05) is 13.3 Å². The Labute approximate surface area is 136 Å². The van der Waals surface area contributed by atoms with Gasteiger partial charge in [0, 0.05) is 27.6 Å². The Hall–Kier alpha value is -0.0800. The summed E-state index contributed by atoms with van der Waals surface area (Å²) in [6.45, 7) is 4.71. The highest BCUT2D eigenvalue weighted by Crippen LogP contribution is 2.32. The van der Waals surface area contributed by atoms with Crippen LogP contribution in [0.3, 0.4) is 0 Å². The molecule has 0 bridgehead atoms. The fourth-order valence-corrected chi connectivity index (χ4v) is 7.03. The molecule has 0 amide bonds. The van der Waals surface area contributed by atoms with E-state index >= 15 is 0 Å². The van der Waals surface area contributed by atoms with E-state index in [1.807, 2.05) is 25.7 Å². The number of hydrogen-bond donors (Lipinski definition) is 2. The van der Waals surface area contributed by atoms with Gasteiger partial charge in [0.2, 0.25) is 10.0 Å². The summed E-state index contributed by atoms with van der Waals surface area (Å²) in [5.41, 5.74) is 0. The van der Waals surface area contributed by atoms with E-state index in [0.717, 1.165) is 34.8 Å². The van der Waals surface area contributed by atoms with Gasteiger partial charge in [-0.3, -0.25) is 0 Å². The molecule has 0 aliphatic heterocycles. The third-order valence-corrected chi connectivity index (χ3v) is 7.83. The number of thioether (sulfide) groups is 1. The molecule has 4 nitrogen and oxygen atoms in total. The van der Waals surface area contributed by atoms with Crippen LogP contribution in [0, 0.1) is 6.92 Å². The smallest absolute Gasteiger partial charge is 0.241 e. The van der Waals surface area contributed by atoms with E-state index < -0.39 is 10.0 Å². The van der Waals surface area contributed by atoms with E-state index in [-0.39, 0.29) is 6.04 Å². The lowest BCUT2D eigenvalue weighted by Crippen LogP contribution is -2.38. The van der Waals surface area contributed by atoms with Crippen LogP contribution in [-0.4, -0.2) is 32.5 Å². The van der Waals surface area contributed by atoms with Crippen molar-refractivity contribution in [2.24, 2.45) is 0 Å². The number of thiophene rings is 1. The van der Waals surface area contributed by atoms with Crippen LogP contribution in [0.4, 0.5) is 0 Å². The fourth-order valence-electron chi connectivity index (χ4n) is 2.79. The van der Waals surface area contributed by atoms with E-state index in [1.54, 1.807) is 17.4 Å². The van der Waals surface area contributed by atoms with Crippen molar-refractivity contribution in [2.45, 2.75) is 55.8 Å². The number of hydrogen-bond acceptors (Lipinski definition) is 5. The minimum atomic E-state index is -3.40. The minimum Gasteiger partial charge on any atom is -0.315 e. The second-order valence-electron chi connectivity index (χ2n) is 5.32. The lowest BCUT2D eigenvalue weighted by Gasteiger charge is -2.20. The molecule has 1 aromatic heterocycles. The lowest BCUT2D eigenvalue weighted by molar-refractivity contribution is 0.555. The SMILES string of the molecule is CCSC1CCCC1NS(=O)(=O)c1cc(CNC)sc1C. The predicted molar refractivity (Wildman–Crippen MR) is 91.7 cm³/mol. The number of sulfonamides is 1. The Kier molecular flexibility index (Phi) is 6.14. The van der Waals surface area contributed by atoms with Gasteiger partial charge in [-0.25, -0.2) is 13.1 Å². The molecule has 0 saturated heterocycles. The van der Waals surface area contributed by atoms with Crippen molar-refractivity contribution in [3.05, 3.63) is 15.8 Å². The third kappa shape index (κ3) is 4.22. The Bertz CT molecular complexity index is 569. The molecule has 1 saturated carbocycles. The van der Waals surface area contributed by atoms with Gasteiger partial charge in [0.15, 0.2) is 0 Å². The molecule has 1 aromatic rings. The van der Waals surface area contributed by atoms with Crippen molar-refractivity contribution in [1.29, 1.82) is 0 Å². The van der Waals surface area contributed by atoms with Gasteiger partial charge < -0.3 is 5.32 Å². The molecular formula is C14H24N2O2S3. The largest absolute Gasteiger partial charge is 0.315 e. The van der Waals surface area contributed by atoms with E-state index in [9.17, 15) is 8.42 Å². The van der Waals surface area contributed by atoms with Gasteiger partial charge in [-0.05, 0) is 38.6 Å². The molecule has 1 aliphatic rings. The topological polar surface area (TPSA) is 58.2 Å². The molecule has 2 unspecified atom stereocenters. The Morgan fingerprint density at radius 1 is 1.43 bits per heavy atom. The van der Waals surface area contributed by atoms with Crippen LogP contribution in [0.25, 0.3) is 0 Å². The molecule has 2 atom stereocenters. The van der Waals surface area contributed by atoms with Crippen LogP contribution in [0.1, 0.15) is 35.9 Å². The fraction of sp³-hybridized carbons (Fsp3) is 0.714. The average Bonchev–Trinajstić information content (AvgIpc) is 2.98. The molecule has 2 N–H and O–H groups in total. The molecule has 1 heterocycles. The van der Waals surface area contributed by atoms with Crippen LogP contribution in [0.15, 0.2) is 11.0 Å². The summed E-state index contributed by atoms with van der Waals surface area (Å²) in [5.74, 6) is 1.03. The summed E-state index contributed by atoms with van der Waals surface area (Å²) in [5, 5.41) is 3.48. The summed E-state index contributed by atoms with van der Waals surface area (Å²) >= 11 is 3.41. The standard InChI is InChI=1S/C14H24N2O2S3/c1-4-19-13-7-5-6-12(13)16-21(17,18)14-8-11(9-15-3)20-10(14)2/h8,12-13,15-16H,4-7,9H2,1-3H3. The molecule has 0 spiro atoms. The van der Waals surface area contributed by atoms with Crippen LogP contribution in [0.5, 0.6) is 0 Å².